The number of benzene rings is 2. The van der Waals surface area contributed by atoms with Gasteiger partial charge in [-0.3, -0.25) is 0 Å². The third-order valence-electron chi connectivity index (χ3n) is 3.09. The molecule has 0 aliphatic carbocycles. The highest BCUT2D eigenvalue weighted by molar-refractivity contribution is 5.26. The van der Waals surface area contributed by atoms with Crippen LogP contribution in [0.3, 0.4) is 0 Å². The summed E-state index contributed by atoms with van der Waals surface area (Å²) in [4.78, 5) is 0. The van der Waals surface area contributed by atoms with Crippen molar-refractivity contribution in [1.82, 2.24) is 0 Å². The average Bonchev–Trinajstić information content (AvgIpc) is 2.47. The highest BCUT2D eigenvalue weighted by Gasteiger charge is 1.98. The summed E-state index contributed by atoms with van der Waals surface area (Å²) in [6.45, 7) is 4.88. The van der Waals surface area contributed by atoms with Gasteiger partial charge in [0.25, 0.3) is 0 Å². The molecule has 0 fully saturated rings. The highest BCUT2D eigenvalue weighted by atomic mass is 16.5. The average molecular weight is 256 g/mol. The van der Waals surface area contributed by atoms with Crippen LogP contribution >= 0.6 is 0 Å². The molecule has 0 radical (unpaired) electrons. The van der Waals surface area contributed by atoms with E-state index in [4.69, 9.17) is 4.74 Å². The fraction of sp³-hybridized carbons (Fsp3) is 0.294. The molecular formula is C17H22NO+. The van der Waals surface area contributed by atoms with Gasteiger partial charge in [0.2, 0.25) is 0 Å². The van der Waals surface area contributed by atoms with E-state index in [2.05, 4.69) is 47.8 Å². The molecule has 2 N–H and O–H groups in total. The van der Waals surface area contributed by atoms with Gasteiger partial charge in [0.15, 0.2) is 0 Å². The van der Waals surface area contributed by atoms with Crippen LogP contribution in [0.25, 0.3) is 0 Å². The summed E-state index contributed by atoms with van der Waals surface area (Å²) in [5.74, 6) is 0.954. The lowest BCUT2D eigenvalue weighted by Crippen LogP contribution is -2.83. The molecule has 19 heavy (non-hydrogen) atoms. The predicted octanol–water partition coefficient (Wildman–Crippen LogP) is 2.39. The van der Waals surface area contributed by atoms with Gasteiger partial charge in [0.1, 0.15) is 12.3 Å². The van der Waals surface area contributed by atoms with Crippen LogP contribution in [0.2, 0.25) is 0 Å². The Morgan fingerprint density at radius 3 is 2.32 bits per heavy atom. The molecule has 2 aromatic rings. The summed E-state index contributed by atoms with van der Waals surface area (Å²) in [5, 5.41) is 2.35. The van der Waals surface area contributed by atoms with Crippen molar-refractivity contribution < 1.29 is 10.1 Å². The van der Waals surface area contributed by atoms with Crippen molar-refractivity contribution in [2.75, 3.05) is 13.2 Å². The Bertz CT molecular complexity index is 464. The van der Waals surface area contributed by atoms with Crippen LogP contribution in [0, 0.1) is 0 Å². The fourth-order valence-corrected chi connectivity index (χ4v) is 2.07. The Morgan fingerprint density at radius 1 is 0.895 bits per heavy atom. The molecule has 0 aromatic heterocycles. The number of nitrogens with two attached hydrogens (primary N) is 1. The van der Waals surface area contributed by atoms with E-state index in [-0.39, 0.29) is 0 Å². The van der Waals surface area contributed by atoms with E-state index in [0.29, 0.717) is 0 Å². The quantitative estimate of drug-likeness (QED) is 0.756. The Labute approximate surface area is 115 Å². The third kappa shape index (κ3) is 4.76. The number of rotatable bonds is 7. The Hall–Kier alpha value is -1.80. The van der Waals surface area contributed by atoms with Crippen molar-refractivity contribution in [3.05, 3.63) is 65.7 Å². The van der Waals surface area contributed by atoms with Gasteiger partial charge >= 0.3 is 0 Å². The first kappa shape index (κ1) is 13.6. The molecule has 2 heteroatoms. The summed E-state index contributed by atoms with van der Waals surface area (Å²) in [7, 11) is 0. The lowest BCUT2D eigenvalue weighted by atomic mass is 10.1. The first-order valence-corrected chi connectivity index (χ1v) is 6.96. The predicted molar refractivity (Wildman–Crippen MR) is 78.3 cm³/mol. The summed E-state index contributed by atoms with van der Waals surface area (Å²) in [5.41, 5.74) is 2.75. The maximum absolute atomic E-state index is 5.43. The van der Waals surface area contributed by atoms with Gasteiger partial charge in [-0.25, -0.2) is 0 Å². The van der Waals surface area contributed by atoms with Crippen molar-refractivity contribution in [3.63, 3.8) is 0 Å². The maximum atomic E-state index is 5.43. The molecule has 0 aliphatic rings. The van der Waals surface area contributed by atoms with Crippen LogP contribution in [0.15, 0.2) is 54.6 Å². The van der Waals surface area contributed by atoms with Crippen LogP contribution in [0.1, 0.15) is 18.1 Å². The zero-order valence-corrected chi connectivity index (χ0v) is 11.5. The zero-order chi connectivity index (χ0) is 13.3. The summed E-state index contributed by atoms with van der Waals surface area (Å²) < 4.78 is 5.43. The molecule has 0 bridgehead atoms. The lowest BCUT2D eigenvalue weighted by molar-refractivity contribution is -0.670. The molecule has 0 saturated heterocycles. The van der Waals surface area contributed by atoms with Gasteiger partial charge in [-0.2, -0.15) is 0 Å². The molecule has 0 amide bonds. The van der Waals surface area contributed by atoms with E-state index in [1.807, 2.05) is 19.1 Å². The van der Waals surface area contributed by atoms with E-state index >= 15 is 0 Å². The van der Waals surface area contributed by atoms with Crippen molar-refractivity contribution in [2.45, 2.75) is 19.9 Å². The third-order valence-corrected chi connectivity index (χ3v) is 3.09. The summed E-state index contributed by atoms with van der Waals surface area (Å²) >= 11 is 0. The second kappa shape index (κ2) is 7.59. The Morgan fingerprint density at radius 2 is 1.63 bits per heavy atom. The van der Waals surface area contributed by atoms with Crippen molar-refractivity contribution in [1.29, 1.82) is 0 Å². The molecule has 2 aromatic carbocycles. The standard InChI is InChI=1S/C17H21NO/c1-2-19-17-10-8-16(9-11-17)14-18-13-12-15-6-4-3-5-7-15/h3-11,18H,2,12-14H2,1H3/p+1. The van der Waals surface area contributed by atoms with E-state index < -0.39 is 0 Å². The normalized spacial score (nSPS) is 10.4. The number of quaternary nitrogens is 1. The summed E-state index contributed by atoms with van der Waals surface area (Å²) in [6.07, 6.45) is 1.12. The molecule has 100 valence electrons. The van der Waals surface area contributed by atoms with Crippen molar-refractivity contribution in [3.8, 4) is 5.75 Å². The van der Waals surface area contributed by atoms with Crippen LogP contribution in [0.4, 0.5) is 0 Å². The van der Waals surface area contributed by atoms with Gasteiger partial charge in [0, 0.05) is 12.0 Å². The molecule has 2 nitrogen and oxygen atoms in total. The molecule has 0 atom stereocenters. The minimum absolute atomic E-state index is 0.725. The lowest BCUT2D eigenvalue weighted by Gasteiger charge is -2.05. The zero-order valence-electron chi connectivity index (χ0n) is 11.5. The second-order valence-corrected chi connectivity index (χ2v) is 4.59. The number of hydrogen-bond acceptors (Lipinski definition) is 1. The van der Waals surface area contributed by atoms with E-state index in [0.717, 1.165) is 31.9 Å². The highest BCUT2D eigenvalue weighted by Crippen LogP contribution is 2.11. The van der Waals surface area contributed by atoms with Crippen LogP contribution < -0.4 is 10.1 Å². The molecule has 0 heterocycles. The fourth-order valence-electron chi connectivity index (χ4n) is 2.07. The minimum atomic E-state index is 0.725. The number of ether oxygens (including phenoxy) is 1. The first-order chi connectivity index (χ1) is 9.38. The minimum Gasteiger partial charge on any atom is -0.494 e. The SMILES string of the molecule is CCOc1ccc(C[NH2+]CCc2ccccc2)cc1. The molecule has 0 saturated carbocycles. The van der Waals surface area contributed by atoms with Gasteiger partial charge in [-0.05, 0) is 36.8 Å². The van der Waals surface area contributed by atoms with Gasteiger partial charge in [0.05, 0.1) is 13.2 Å². The maximum Gasteiger partial charge on any atom is 0.119 e. The van der Waals surface area contributed by atoms with E-state index in [9.17, 15) is 0 Å². The molecule has 0 spiro atoms. The molecule has 2 rings (SSSR count). The molecule has 0 unspecified atom stereocenters. The second-order valence-electron chi connectivity index (χ2n) is 4.59. The summed E-state index contributed by atoms with van der Waals surface area (Å²) in [6, 6.07) is 19.0. The van der Waals surface area contributed by atoms with Crippen LogP contribution in [-0.4, -0.2) is 13.2 Å². The number of hydrogen-bond donors (Lipinski definition) is 1. The Balaban J connectivity index is 1.70. The first-order valence-electron chi connectivity index (χ1n) is 6.96. The monoisotopic (exact) mass is 256 g/mol. The van der Waals surface area contributed by atoms with Gasteiger partial charge in [-0.15, -0.1) is 0 Å². The molecule has 0 aliphatic heterocycles. The van der Waals surface area contributed by atoms with E-state index in [1.54, 1.807) is 0 Å². The van der Waals surface area contributed by atoms with E-state index in [1.165, 1.54) is 11.1 Å². The topological polar surface area (TPSA) is 25.8 Å². The largest absolute Gasteiger partial charge is 0.494 e. The Kier molecular flexibility index (Phi) is 5.45. The van der Waals surface area contributed by atoms with Crippen LogP contribution in [-0.2, 0) is 13.0 Å². The van der Waals surface area contributed by atoms with Crippen molar-refractivity contribution >= 4 is 0 Å². The van der Waals surface area contributed by atoms with Gasteiger partial charge < -0.3 is 10.1 Å². The molecular weight excluding hydrogens is 234 g/mol. The smallest absolute Gasteiger partial charge is 0.119 e. The van der Waals surface area contributed by atoms with Crippen LogP contribution in [0.5, 0.6) is 5.75 Å². The van der Waals surface area contributed by atoms with Crippen molar-refractivity contribution in [2.24, 2.45) is 0 Å². The van der Waals surface area contributed by atoms with Gasteiger partial charge in [-0.1, -0.05) is 30.3 Å².